The molecule has 7 nitrogen and oxygen atoms in total. The van der Waals surface area contributed by atoms with Crippen LogP contribution in [0.5, 0.6) is 0 Å². The molecular formula is C16H24N4O3. The predicted octanol–water partition coefficient (Wildman–Crippen LogP) is 0.242. The number of carbonyl (C=O) groups is 2. The summed E-state index contributed by atoms with van der Waals surface area (Å²) in [6.07, 6.45) is 2.02. The lowest BCUT2D eigenvalue weighted by Gasteiger charge is -2.47. The van der Waals surface area contributed by atoms with Crippen LogP contribution in [0.3, 0.4) is 0 Å². The Bertz CT molecular complexity index is 579. The van der Waals surface area contributed by atoms with Gasteiger partial charge in [-0.1, -0.05) is 5.16 Å². The number of primary amides is 1. The lowest BCUT2D eigenvalue weighted by Crippen LogP contribution is -2.62. The van der Waals surface area contributed by atoms with Crippen LogP contribution in [0.2, 0.25) is 0 Å². The van der Waals surface area contributed by atoms with E-state index in [1.54, 1.807) is 0 Å². The monoisotopic (exact) mass is 320 g/mol. The van der Waals surface area contributed by atoms with Crippen LogP contribution >= 0.6 is 0 Å². The summed E-state index contributed by atoms with van der Waals surface area (Å²) >= 11 is 0. The number of amides is 2. The molecule has 126 valence electrons. The molecule has 2 saturated heterocycles. The van der Waals surface area contributed by atoms with Gasteiger partial charge in [-0.05, 0) is 39.8 Å². The van der Waals surface area contributed by atoms with Gasteiger partial charge in [0.2, 0.25) is 11.8 Å². The van der Waals surface area contributed by atoms with E-state index in [0.29, 0.717) is 12.5 Å². The molecule has 23 heavy (non-hydrogen) atoms. The fourth-order valence-electron chi connectivity index (χ4n) is 3.46. The lowest BCUT2D eigenvalue weighted by molar-refractivity contribution is -0.138. The van der Waals surface area contributed by atoms with Crippen molar-refractivity contribution in [1.82, 2.24) is 15.0 Å². The predicted molar refractivity (Wildman–Crippen MR) is 83.5 cm³/mol. The van der Waals surface area contributed by atoms with Gasteiger partial charge in [-0.25, -0.2) is 0 Å². The zero-order chi connectivity index (χ0) is 16.6. The van der Waals surface area contributed by atoms with Gasteiger partial charge in [0.15, 0.2) is 0 Å². The third-order valence-electron chi connectivity index (χ3n) is 5.17. The van der Waals surface area contributed by atoms with Crippen LogP contribution in [-0.2, 0) is 16.0 Å². The van der Waals surface area contributed by atoms with Gasteiger partial charge in [0.05, 0.1) is 12.1 Å². The number of aromatic nitrogens is 1. The van der Waals surface area contributed by atoms with Crippen molar-refractivity contribution in [2.75, 3.05) is 26.2 Å². The molecule has 0 saturated carbocycles. The number of carbonyl (C=O) groups excluding carboxylic acids is 2. The summed E-state index contributed by atoms with van der Waals surface area (Å²) < 4.78 is 5.11. The zero-order valence-electron chi connectivity index (χ0n) is 13.7. The van der Waals surface area contributed by atoms with Crippen LogP contribution in [-0.4, -0.2) is 59.0 Å². The van der Waals surface area contributed by atoms with Gasteiger partial charge < -0.3 is 15.2 Å². The van der Waals surface area contributed by atoms with Crippen LogP contribution in [0.25, 0.3) is 0 Å². The number of hydrogen-bond donors (Lipinski definition) is 1. The Morgan fingerprint density at radius 3 is 2.43 bits per heavy atom. The summed E-state index contributed by atoms with van der Waals surface area (Å²) in [7, 11) is 0. The van der Waals surface area contributed by atoms with E-state index in [0.717, 1.165) is 56.0 Å². The maximum atomic E-state index is 12.3. The summed E-state index contributed by atoms with van der Waals surface area (Å²) in [4.78, 5) is 27.8. The summed E-state index contributed by atoms with van der Waals surface area (Å²) in [6.45, 7) is 7.02. The van der Waals surface area contributed by atoms with Crippen molar-refractivity contribution >= 4 is 11.8 Å². The average molecular weight is 320 g/mol. The quantitative estimate of drug-likeness (QED) is 0.858. The summed E-state index contributed by atoms with van der Waals surface area (Å²) in [5.41, 5.74) is 7.06. The molecule has 1 aromatic rings. The first-order valence-corrected chi connectivity index (χ1v) is 8.18. The van der Waals surface area contributed by atoms with Gasteiger partial charge >= 0.3 is 0 Å². The largest absolute Gasteiger partial charge is 0.369 e. The number of nitrogens with two attached hydrogens (primary N) is 1. The molecule has 3 rings (SSSR count). The van der Waals surface area contributed by atoms with E-state index >= 15 is 0 Å². The molecular weight excluding hydrogens is 296 g/mol. The van der Waals surface area contributed by atoms with Crippen molar-refractivity contribution in [3.63, 3.8) is 0 Å². The smallest absolute Gasteiger partial charge is 0.227 e. The first-order valence-electron chi connectivity index (χ1n) is 8.18. The summed E-state index contributed by atoms with van der Waals surface area (Å²) in [6, 6.07) is 0.414. The topological polar surface area (TPSA) is 92.7 Å². The Labute approximate surface area is 135 Å². The van der Waals surface area contributed by atoms with Crippen molar-refractivity contribution in [2.45, 2.75) is 39.2 Å². The van der Waals surface area contributed by atoms with Gasteiger partial charge in [0, 0.05) is 30.6 Å². The third kappa shape index (κ3) is 3.24. The molecule has 2 aliphatic rings. The van der Waals surface area contributed by atoms with E-state index in [-0.39, 0.29) is 17.7 Å². The number of aryl methyl sites for hydroxylation is 2. The molecule has 1 aromatic heterocycles. The third-order valence-corrected chi connectivity index (χ3v) is 5.17. The first-order chi connectivity index (χ1) is 11.0. The molecule has 2 N–H and O–H groups in total. The van der Waals surface area contributed by atoms with E-state index in [4.69, 9.17) is 10.3 Å². The normalized spacial score (nSPS) is 20.5. The van der Waals surface area contributed by atoms with Crippen LogP contribution in [0.4, 0.5) is 0 Å². The second-order valence-corrected chi connectivity index (χ2v) is 6.64. The van der Waals surface area contributed by atoms with Crippen LogP contribution in [0.15, 0.2) is 4.52 Å². The highest BCUT2D eigenvalue weighted by atomic mass is 16.5. The molecule has 3 heterocycles. The number of rotatable bonds is 4. The molecule has 0 spiro atoms. The van der Waals surface area contributed by atoms with E-state index in [9.17, 15) is 9.59 Å². The number of nitrogens with zero attached hydrogens (tertiary/aromatic N) is 3. The zero-order valence-corrected chi connectivity index (χ0v) is 13.7. The second kappa shape index (κ2) is 6.31. The van der Waals surface area contributed by atoms with Crippen LogP contribution < -0.4 is 5.73 Å². The van der Waals surface area contributed by atoms with Crippen molar-refractivity contribution in [3.05, 3.63) is 17.0 Å². The molecule has 0 unspecified atom stereocenters. The standard InChI is InChI=1S/C16H24N4O3/c1-10-14(11(2)23-18-10)7-15(21)20-8-13(9-20)19-5-3-12(4-6-19)16(17)22/h12-13H,3-9H2,1-2H3,(H2,17,22). The molecule has 2 amide bonds. The maximum absolute atomic E-state index is 12.3. The fraction of sp³-hybridized carbons (Fsp3) is 0.688. The molecule has 0 aliphatic carbocycles. The molecule has 2 fully saturated rings. The second-order valence-electron chi connectivity index (χ2n) is 6.64. The van der Waals surface area contributed by atoms with E-state index < -0.39 is 0 Å². The Hall–Kier alpha value is -1.89. The molecule has 0 aromatic carbocycles. The van der Waals surface area contributed by atoms with E-state index in [1.807, 2.05) is 18.7 Å². The Kier molecular flexibility index (Phi) is 4.39. The molecule has 0 bridgehead atoms. The highest BCUT2D eigenvalue weighted by molar-refractivity contribution is 5.80. The lowest BCUT2D eigenvalue weighted by atomic mass is 9.93. The van der Waals surface area contributed by atoms with E-state index in [2.05, 4.69) is 10.1 Å². The summed E-state index contributed by atoms with van der Waals surface area (Å²) in [5.74, 6) is 0.683. The van der Waals surface area contributed by atoms with Crippen LogP contribution in [0.1, 0.15) is 29.9 Å². The highest BCUT2D eigenvalue weighted by Crippen LogP contribution is 2.24. The SMILES string of the molecule is Cc1noc(C)c1CC(=O)N1CC(N2CCC(C(N)=O)CC2)C1. The van der Waals surface area contributed by atoms with Crippen LogP contribution in [0, 0.1) is 19.8 Å². The number of likely N-dealkylation sites (tertiary alicyclic amines) is 2. The first kappa shape index (κ1) is 16.0. The van der Waals surface area contributed by atoms with Gasteiger partial charge in [0.25, 0.3) is 0 Å². The van der Waals surface area contributed by atoms with Crippen molar-refractivity contribution < 1.29 is 14.1 Å². The van der Waals surface area contributed by atoms with Gasteiger partial charge in [0.1, 0.15) is 5.76 Å². The molecule has 0 atom stereocenters. The van der Waals surface area contributed by atoms with Gasteiger partial charge in [-0.15, -0.1) is 0 Å². The average Bonchev–Trinajstić information content (AvgIpc) is 2.78. The van der Waals surface area contributed by atoms with Crippen molar-refractivity contribution in [1.29, 1.82) is 0 Å². The minimum atomic E-state index is -0.186. The Morgan fingerprint density at radius 2 is 1.91 bits per heavy atom. The molecule has 7 heteroatoms. The highest BCUT2D eigenvalue weighted by Gasteiger charge is 2.37. The van der Waals surface area contributed by atoms with Crippen molar-refractivity contribution in [2.24, 2.45) is 11.7 Å². The van der Waals surface area contributed by atoms with E-state index in [1.165, 1.54) is 0 Å². The number of hydrogen-bond acceptors (Lipinski definition) is 5. The Balaban J connectivity index is 1.46. The van der Waals surface area contributed by atoms with Gasteiger partial charge in [-0.2, -0.15) is 0 Å². The maximum Gasteiger partial charge on any atom is 0.227 e. The molecule has 2 aliphatic heterocycles. The minimum Gasteiger partial charge on any atom is -0.369 e. The van der Waals surface area contributed by atoms with Crippen molar-refractivity contribution in [3.8, 4) is 0 Å². The minimum absolute atomic E-state index is 0.0172. The van der Waals surface area contributed by atoms with Gasteiger partial charge in [-0.3, -0.25) is 14.5 Å². The molecule has 0 radical (unpaired) electrons. The Morgan fingerprint density at radius 1 is 1.26 bits per heavy atom. The summed E-state index contributed by atoms with van der Waals surface area (Å²) in [5, 5.41) is 3.89. The number of piperidine rings is 1. The fourth-order valence-corrected chi connectivity index (χ4v) is 3.46.